The van der Waals surface area contributed by atoms with Crippen LogP contribution in [0.25, 0.3) is 0 Å². The Morgan fingerprint density at radius 3 is 2.47 bits per heavy atom. The third-order valence-electron chi connectivity index (χ3n) is 3.26. The fourth-order valence-electron chi connectivity index (χ4n) is 2.26. The Morgan fingerprint density at radius 1 is 1.41 bits per heavy atom. The van der Waals surface area contributed by atoms with Crippen molar-refractivity contribution in [1.82, 2.24) is 0 Å². The van der Waals surface area contributed by atoms with Gasteiger partial charge in [-0.2, -0.15) is 0 Å². The van der Waals surface area contributed by atoms with E-state index in [1.54, 1.807) is 0 Å². The molecule has 0 amide bonds. The number of nitrogens with two attached hydrogens (primary N) is 1. The van der Waals surface area contributed by atoms with E-state index in [0.717, 1.165) is 12.8 Å². The smallest absolute Gasteiger partial charge is 0.150 e. The largest absolute Gasteiger partial charge is 0.376 e. The van der Waals surface area contributed by atoms with Gasteiger partial charge in [-0.15, -0.1) is 0 Å². The first-order chi connectivity index (χ1) is 7.73. The summed E-state index contributed by atoms with van der Waals surface area (Å²) < 4.78 is 28.5. The van der Waals surface area contributed by atoms with Crippen LogP contribution in [0.15, 0.2) is 0 Å². The summed E-state index contributed by atoms with van der Waals surface area (Å²) in [5.74, 6) is 1.14. The molecule has 0 radical (unpaired) electrons. The average Bonchev–Trinajstić information content (AvgIpc) is 2.52. The second-order valence-corrected chi connectivity index (χ2v) is 8.14. The molecule has 0 bridgehead atoms. The van der Waals surface area contributed by atoms with Crippen LogP contribution in [0.5, 0.6) is 0 Å². The molecular weight excluding hydrogens is 238 g/mol. The normalized spacial score (nSPS) is 26.0. The summed E-state index contributed by atoms with van der Waals surface area (Å²) in [7, 11) is -2.80. The quantitative estimate of drug-likeness (QED) is 0.809. The standard InChI is InChI=1S/C12H25NO3S/c1-12(2,3)16-6-4-10(8-13)11-5-7-17(14,15)9-11/h10-11H,4-9,13H2,1-3H3. The molecule has 0 aromatic heterocycles. The number of rotatable bonds is 5. The molecule has 2 atom stereocenters. The molecule has 0 spiro atoms. The molecule has 2 N–H and O–H groups in total. The van der Waals surface area contributed by atoms with Gasteiger partial charge in [-0.3, -0.25) is 0 Å². The Morgan fingerprint density at radius 2 is 2.06 bits per heavy atom. The molecular formula is C12H25NO3S. The van der Waals surface area contributed by atoms with Crippen molar-refractivity contribution < 1.29 is 13.2 Å². The van der Waals surface area contributed by atoms with Gasteiger partial charge in [0.2, 0.25) is 0 Å². The molecule has 17 heavy (non-hydrogen) atoms. The Balaban J connectivity index is 2.39. The van der Waals surface area contributed by atoms with Crippen molar-refractivity contribution in [2.45, 2.75) is 39.2 Å². The zero-order chi connectivity index (χ0) is 13.1. The van der Waals surface area contributed by atoms with Crippen LogP contribution < -0.4 is 5.73 Å². The summed E-state index contributed by atoms with van der Waals surface area (Å²) in [6.45, 7) is 7.26. The molecule has 0 aromatic rings. The molecule has 5 heteroatoms. The van der Waals surface area contributed by atoms with E-state index < -0.39 is 9.84 Å². The maximum Gasteiger partial charge on any atom is 0.150 e. The molecule has 2 unspecified atom stereocenters. The molecule has 1 saturated heterocycles. The van der Waals surface area contributed by atoms with Gasteiger partial charge in [0.25, 0.3) is 0 Å². The Labute approximate surface area is 105 Å². The molecule has 102 valence electrons. The minimum atomic E-state index is -2.80. The van der Waals surface area contributed by atoms with Gasteiger partial charge in [0, 0.05) is 6.61 Å². The number of hydrogen-bond acceptors (Lipinski definition) is 4. The molecule has 1 heterocycles. The van der Waals surface area contributed by atoms with E-state index in [9.17, 15) is 8.42 Å². The third kappa shape index (κ3) is 5.36. The van der Waals surface area contributed by atoms with Gasteiger partial charge < -0.3 is 10.5 Å². The highest BCUT2D eigenvalue weighted by molar-refractivity contribution is 7.91. The second kappa shape index (κ2) is 5.67. The van der Waals surface area contributed by atoms with Crippen molar-refractivity contribution in [3.63, 3.8) is 0 Å². The lowest BCUT2D eigenvalue weighted by atomic mass is 9.89. The van der Waals surface area contributed by atoms with Gasteiger partial charge in [-0.05, 0) is 52.0 Å². The summed E-state index contributed by atoms with van der Waals surface area (Å²) in [6, 6.07) is 0. The van der Waals surface area contributed by atoms with E-state index in [2.05, 4.69) is 0 Å². The maximum atomic E-state index is 11.4. The topological polar surface area (TPSA) is 69.4 Å². The Bertz CT molecular complexity index is 332. The van der Waals surface area contributed by atoms with E-state index >= 15 is 0 Å². The van der Waals surface area contributed by atoms with Gasteiger partial charge in [0.15, 0.2) is 9.84 Å². The van der Waals surface area contributed by atoms with Gasteiger partial charge in [0.1, 0.15) is 0 Å². The van der Waals surface area contributed by atoms with Gasteiger partial charge in [-0.25, -0.2) is 8.42 Å². The predicted molar refractivity (Wildman–Crippen MR) is 69.6 cm³/mol. The van der Waals surface area contributed by atoms with Gasteiger partial charge in [0.05, 0.1) is 17.1 Å². The van der Waals surface area contributed by atoms with Crippen LogP contribution in [-0.2, 0) is 14.6 Å². The maximum absolute atomic E-state index is 11.4. The van der Waals surface area contributed by atoms with Crippen LogP contribution in [0.3, 0.4) is 0 Å². The van der Waals surface area contributed by atoms with Gasteiger partial charge >= 0.3 is 0 Å². The monoisotopic (exact) mass is 263 g/mol. The molecule has 0 aromatic carbocycles. The minimum Gasteiger partial charge on any atom is -0.376 e. The number of sulfone groups is 1. The fraction of sp³-hybridized carbons (Fsp3) is 1.00. The molecule has 1 aliphatic rings. The number of hydrogen-bond donors (Lipinski definition) is 1. The molecule has 0 aliphatic carbocycles. The highest BCUT2D eigenvalue weighted by Crippen LogP contribution is 2.28. The minimum absolute atomic E-state index is 0.138. The SMILES string of the molecule is CC(C)(C)OCCC(CN)C1CCS(=O)(=O)C1. The number of ether oxygens (including phenoxy) is 1. The van der Waals surface area contributed by atoms with E-state index in [0.29, 0.717) is 24.7 Å². The molecule has 4 nitrogen and oxygen atoms in total. The van der Waals surface area contributed by atoms with Crippen LogP contribution in [0.2, 0.25) is 0 Å². The summed E-state index contributed by atoms with van der Waals surface area (Å²) in [5.41, 5.74) is 5.60. The first-order valence-corrected chi connectivity index (χ1v) is 8.10. The molecule has 1 aliphatic heterocycles. The molecule has 1 rings (SSSR count). The lowest BCUT2D eigenvalue weighted by molar-refractivity contribution is -0.0112. The molecule has 0 saturated carbocycles. The summed E-state index contributed by atoms with van der Waals surface area (Å²) >= 11 is 0. The first-order valence-electron chi connectivity index (χ1n) is 6.28. The lowest BCUT2D eigenvalue weighted by Crippen LogP contribution is -2.28. The van der Waals surface area contributed by atoms with E-state index in [4.69, 9.17) is 10.5 Å². The average molecular weight is 263 g/mol. The van der Waals surface area contributed by atoms with E-state index in [1.165, 1.54) is 0 Å². The second-order valence-electron chi connectivity index (χ2n) is 5.91. The van der Waals surface area contributed by atoms with E-state index in [1.807, 2.05) is 20.8 Å². The van der Waals surface area contributed by atoms with Crippen molar-refractivity contribution in [2.75, 3.05) is 24.7 Å². The van der Waals surface area contributed by atoms with Gasteiger partial charge in [-0.1, -0.05) is 0 Å². The lowest BCUT2D eigenvalue weighted by Gasteiger charge is -2.24. The van der Waals surface area contributed by atoms with Crippen LogP contribution in [0, 0.1) is 11.8 Å². The van der Waals surface area contributed by atoms with Crippen molar-refractivity contribution in [3.05, 3.63) is 0 Å². The predicted octanol–water partition coefficient (Wildman–Crippen LogP) is 1.20. The summed E-state index contributed by atoms with van der Waals surface area (Å²) in [6.07, 6.45) is 1.62. The van der Waals surface area contributed by atoms with Crippen molar-refractivity contribution in [2.24, 2.45) is 17.6 Å². The van der Waals surface area contributed by atoms with Crippen LogP contribution in [0.4, 0.5) is 0 Å². The van der Waals surface area contributed by atoms with Crippen molar-refractivity contribution in [3.8, 4) is 0 Å². The summed E-state index contributed by atoms with van der Waals surface area (Å²) in [5, 5.41) is 0. The highest BCUT2D eigenvalue weighted by Gasteiger charge is 2.32. The Hall–Kier alpha value is -0.130. The zero-order valence-corrected chi connectivity index (χ0v) is 11.9. The van der Waals surface area contributed by atoms with Crippen LogP contribution in [-0.4, -0.2) is 38.7 Å². The zero-order valence-electron chi connectivity index (χ0n) is 11.1. The molecule has 1 fully saturated rings. The van der Waals surface area contributed by atoms with Crippen molar-refractivity contribution >= 4 is 9.84 Å². The summed E-state index contributed by atoms with van der Waals surface area (Å²) in [4.78, 5) is 0. The third-order valence-corrected chi connectivity index (χ3v) is 5.05. The highest BCUT2D eigenvalue weighted by atomic mass is 32.2. The fourth-order valence-corrected chi connectivity index (χ4v) is 4.18. The van der Waals surface area contributed by atoms with E-state index in [-0.39, 0.29) is 17.4 Å². The van der Waals surface area contributed by atoms with Crippen LogP contribution in [0.1, 0.15) is 33.6 Å². The Kier molecular flexibility index (Phi) is 4.98. The first kappa shape index (κ1) is 14.9. The van der Waals surface area contributed by atoms with Crippen molar-refractivity contribution in [1.29, 1.82) is 0 Å². The van der Waals surface area contributed by atoms with Crippen LogP contribution >= 0.6 is 0 Å².